The molecular weight excluding hydrogens is 202 g/mol. The van der Waals surface area contributed by atoms with Gasteiger partial charge in [0, 0.05) is 17.8 Å². The summed E-state index contributed by atoms with van der Waals surface area (Å²) in [4.78, 5) is 0. The quantitative estimate of drug-likeness (QED) is 0.441. The van der Waals surface area contributed by atoms with E-state index >= 15 is 0 Å². The van der Waals surface area contributed by atoms with Crippen molar-refractivity contribution in [3.63, 3.8) is 0 Å². The topological polar surface area (TPSA) is 47.5 Å². The zero-order valence-electron chi connectivity index (χ0n) is 8.28. The number of rotatable bonds is 0. The predicted molar refractivity (Wildman–Crippen MR) is 59.2 cm³/mol. The Morgan fingerprint density at radius 3 is 2.94 bits per heavy atom. The number of aromatic nitrogens is 5. The molecule has 0 aliphatic carbocycles. The van der Waals surface area contributed by atoms with Crippen molar-refractivity contribution in [2.75, 3.05) is 0 Å². The lowest BCUT2D eigenvalue weighted by Crippen LogP contribution is -1.91. The van der Waals surface area contributed by atoms with Gasteiger partial charge < -0.3 is 4.40 Å². The minimum absolute atomic E-state index is 0.777. The second kappa shape index (κ2) is 2.57. The van der Waals surface area contributed by atoms with E-state index in [0.717, 1.165) is 11.2 Å². The van der Waals surface area contributed by atoms with Crippen LogP contribution in [0.1, 0.15) is 0 Å². The van der Waals surface area contributed by atoms with Crippen molar-refractivity contribution in [3.05, 3.63) is 42.7 Å². The summed E-state index contributed by atoms with van der Waals surface area (Å²) in [7, 11) is 0. The summed E-state index contributed by atoms with van der Waals surface area (Å²) in [6.07, 6.45) is 3.83. The van der Waals surface area contributed by atoms with Crippen LogP contribution in [-0.4, -0.2) is 24.4 Å². The van der Waals surface area contributed by atoms with Crippen LogP contribution in [0.5, 0.6) is 0 Å². The summed E-state index contributed by atoms with van der Waals surface area (Å²) >= 11 is 0. The van der Waals surface area contributed by atoms with Crippen molar-refractivity contribution in [1.29, 1.82) is 0 Å². The third-order valence-electron chi connectivity index (χ3n) is 2.83. The summed E-state index contributed by atoms with van der Waals surface area (Å²) < 4.78 is 3.77. The highest BCUT2D eigenvalue weighted by atomic mass is 15.5. The average Bonchev–Trinajstić information content (AvgIpc) is 2.92. The lowest BCUT2D eigenvalue weighted by Gasteiger charge is -1.96. The monoisotopic (exact) mass is 209 g/mol. The minimum atomic E-state index is 0.777. The number of benzene rings is 1. The molecule has 1 aromatic carbocycles. The Balaban J connectivity index is 2.38. The van der Waals surface area contributed by atoms with Crippen molar-refractivity contribution in [2.24, 2.45) is 0 Å². The molecule has 5 nitrogen and oxygen atoms in total. The van der Waals surface area contributed by atoms with Crippen molar-refractivity contribution in [2.45, 2.75) is 0 Å². The fraction of sp³-hybridized carbons (Fsp3) is 0. The normalized spacial score (nSPS) is 11.8. The van der Waals surface area contributed by atoms with Crippen molar-refractivity contribution >= 4 is 22.1 Å². The van der Waals surface area contributed by atoms with Gasteiger partial charge in [-0.2, -0.15) is 4.52 Å². The summed E-state index contributed by atoms with van der Waals surface area (Å²) in [5.74, 6) is 0. The SMILES string of the molecule is c1ccc2c(c1)cc1c3nnnn3ccn21. The molecule has 3 aromatic heterocycles. The molecule has 0 amide bonds. The van der Waals surface area contributed by atoms with E-state index in [1.165, 1.54) is 10.9 Å². The molecule has 0 atom stereocenters. The lowest BCUT2D eigenvalue weighted by molar-refractivity contribution is 0.820. The Bertz CT molecular complexity index is 811. The van der Waals surface area contributed by atoms with Crippen molar-refractivity contribution < 1.29 is 0 Å². The van der Waals surface area contributed by atoms with E-state index in [0.29, 0.717) is 0 Å². The summed E-state index contributed by atoms with van der Waals surface area (Å²) in [6.45, 7) is 0. The highest BCUT2D eigenvalue weighted by molar-refractivity contribution is 5.91. The highest BCUT2D eigenvalue weighted by Gasteiger charge is 2.07. The smallest absolute Gasteiger partial charge is 0.203 e. The van der Waals surface area contributed by atoms with Gasteiger partial charge in [0.25, 0.3) is 0 Å². The molecule has 0 aliphatic heterocycles. The zero-order valence-corrected chi connectivity index (χ0v) is 8.28. The van der Waals surface area contributed by atoms with Crippen LogP contribution >= 0.6 is 0 Å². The van der Waals surface area contributed by atoms with Gasteiger partial charge in [0.1, 0.15) is 0 Å². The number of hydrogen-bond donors (Lipinski definition) is 0. The van der Waals surface area contributed by atoms with E-state index in [9.17, 15) is 0 Å². The third kappa shape index (κ3) is 0.826. The van der Waals surface area contributed by atoms with E-state index in [-0.39, 0.29) is 0 Å². The number of nitrogens with zero attached hydrogens (tertiary/aromatic N) is 5. The van der Waals surface area contributed by atoms with Gasteiger partial charge in [-0.1, -0.05) is 18.2 Å². The molecule has 3 heterocycles. The first-order valence-electron chi connectivity index (χ1n) is 5.00. The zero-order chi connectivity index (χ0) is 10.5. The van der Waals surface area contributed by atoms with Crippen LogP contribution < -0.4 is 0 Å². The van der Waals surface area contributed by atoms with Crippen LogP contribution in [0.2, 0.25) is 0 Å². The molecule has 0 saturated carbocycles. The summed E-state index contributed by atoms with van der Waals surface area (Å²) in [5.41, 5.74) is 2.97. The maximum atomic E-state index is 4.02. The van der Waals surface area contributed by atoms with Gasteiger partial charge in [0.2, 0.25) is 5.65 Å². The molecule has 5 heteroatoms. The van der Waals surface area contributed by atoms with E-state index in [4.69, 9.17) is 0 Å². The molecule has 4 rings (SSSR count). The molecule has 4 aromatic rings. The third-order valence-corrected chi connectivity index (χ3v) is 2.83. The number of tetrazole rings is 1. The molecule has 0 radical (unpaired) electrons. The highest BCUT2D eigenvalue weighted by Crippen LogP contribution is 2.21. The van der Waals surface area contributed by atoms with Gasteiger partial charge >= 0.3 is 0 Å². The fourth-order valence-corrected chi connectivity index (χ4v) is 2.10. The van der Waals surface area contributed by atoms with Crippen molar-refractivity contribution in [1.82, 2.24) is 24.4 Å². The molecule has 0 aliphatic rings. The second-order valence-corrected chi connectivity index (χ2v) is 3.70. The molecule has 0 saturated heterocycles. The predicted octanol–water partition coefficient (Wildman–Crippen LogP) is 1.53. The lowest BCUT2D eigenvalue weighted by atomic mass is 10.2. The first kappa shape index (κ1) is 7.81. The van der Waals surface area contributed by atoms with Crippen molar-refractivity contribution in [3.8, 4) is 0 Å². The van der Waals surface area contributed by atoms with E-state index in [1.54, 1.807) is 4.52 Å². The molecule has 0 N–H and O–H groups in total. The summed E-state index contributed by atoms with van der Waals surface area (Å²) in [6, 6.07) is 10.3. The van der Waals surface area contributed by atoms with Gasteiger partial charge in [-0.25, -0.2) is 0 Å². The van der Waals surface area contributed by atoms with Gasteiger partial charge in [-0.15, -0.1) is 5.10 Å². The van der Waals surface area contributed by atoms with E-state index < -0.39 is 0 Å². The molecule has 0 bridgehead atoms. The standard InChI is InChI=1S/C11H7N5/c1-2-4-9-8(3-1)7-10-11-12-13-14-16(11)6-5-15(9)10/h1-7H. The minimum Gasteiger partial charge on any atom is -0.312 e. The molecule has 76 valence electrons. The Morgan fingerprint density at radius 1 is 1.00 bits per heavy atom. The summed E-state index contributed by atoms with van der Waals surface area (Å²) in [5, 5.41) is 12.8. The maximum Gasteiger partial charge on any atom is 0.203 e. The maximum absolute atomic E-state index is 4.02. The molecule has 0 fully saturated rings. The van der Waals surface area contributed by atoms with Crippen LogP contribution in [0.4, 0.5) is 0 Å². The number of para-hydroxylation sites is 1. The van der Waals surface area contributed by atoms with Crippen LogP contribution in [-0.2, 0) is 0 Å². The van der Waals surface area contributed by atoms with E-state index in [2.05, 4.69) is 38.1 Å². The van der Waals surface area contributed by atoms with Crippen LogP contribution in [0, 0.1) is 0 Å². The van der Waals surface area contributed by atoms with Crippen LogP contribution in [0.3, 0.4) is 0 Å². The Kier molecular flexibility index (Phi) is 1.26. The average molecular weight is 209 g/mol. The van der Waals surface area contributed by atoms with Gasteiger partial charge in [-0.3, -0.25) is 0 Å². The van der Waals surface area contributed by atoms with Gasteiger partial charge in [0.05, 0.1) is 11.0 Å². The molecule has 16 heavy (non-hydrogen) atoms. The van der Waals surface area contributed by atoms with Gasteiger partial charge in [-0.05, 0) is 22.6 Å². The van der Waals surface area contributed by atoms with Crippen LogP contribution in [0.25, 0.3) is 22.1 Å². The van der Waals surface area contributed by atoms with Crippen LogP contribution in [0.15, 0.2) is 42.7 Å². The second-order valence-electron chi connectivity index (χ2n) is 3.70. The Labute approximate surface area is 89.9 Å². The first-order chi connectivity index (χ1) is 7.93. The number of hydrogen-bond acceptors (Lipinski definition) is 3. The Morgan fingerprint density at radius 2 is 1.94 bits per heavy atom. The molecule has 0 spiro atoms. The molecular formula is C11H7N5. The fourth-order valence-electron chi connectivity index (χ4n) is 2.10. The molecule has 0 unspecified atom stereocenters. The number of fused-ring (bicyclic) bond motifs is 5. The van der Waals surface area contributed by atoms with Gasteiger partial charge in [0.15, 0.2) is 0 Å². The Hall–Kier alpha value is -2.43. The van der Waals surface area contributed by atoms with E-state index in [1.807, 2.05) is 24.5 Å². The first-order valence-corrected chi connectivity index (χ1v) is 5.00. The largest absolute Gasteiger partial charge is 0.312 e.